The van der Waals surface area contributed by atoms with Crippen LogP contribution in [0.5, 0.6) is 0 Å². The first-order valence-electron chi connectivity index (χ1n) is 27.5. The molecule has 13 heterocycles. The summed E-state index contributed by atoms with van der Waals surface area (Å²) in [5, 5.41) is 91.7. The fourth-order valence-electron chi connectivity index (χ4n) is 5.83. The molecule has 0 saturated heterocycles. The summed E-state index contributed by atoms with van der Waals surface area (Å²) in [6, 6.07) is 27.5. The van der Waals surface area contributed by atoms with Gasteiger partial charge in [0.25, 0.3) is 0 Å². The highest BCUT2D eigenvalue weighted by Gasteiger charge is 2.00. The second-order valence-corrected chi connectivity index (χ2v) is 18.3. The number of rotatable bonds is 1. The summed E-state index contributed by atoms with van der Waals surface area (Å²) in [6.45, 7) is 3.65. The maximum atomic E-state index is 4.19. The van der Waals surface area contributed by atoms with Gasteiger partial charge < -0.3 is 9.13 Å². The molecule has 0 radical (unpaired) electrons. The van der Waals surface area contributed by atoms with Crippen LogP contribution >= 0.6 is 0 Å². The molecule has 41 nitrogen and oxygen atoms in total. The number of aryl methyl sites for hydroxylation is 15. The fraction of sp³-hybridized carbons (Fsp3) is 0.283. The number of tetrazole rings is 4. The minimum absolute atomic E-state index is 0.711. The van der Waals surface area contributed by atoms with Gasteiger partial charge in [-0.15, -0.1) is 51.0 Å². The fourth-order valence-corrected chi connectivity index (χ4v) is 5.83. The molecular weight excluding hydrogens is 1210 g/mol. The molecule has 0 atom stereocenters. The first-order chi connectivity index (χ1) is 45.3. The van der Waals surface area contributed by atoms with E-state index in [1.807, 2.05) is 165 Å². The summed E-state index contributed by atoms with van der Waals surface area (Å²) in [4.78, 5) is 17.5. The third-order valence-corrected chi connectivity index (χ3v) is 10.3. The second kappa shape index (κ2) is 42.7. The number of fused-ring (bicyclic) bond motifs is 2. The van der Waals surface area contributed by atoms with E-state index in [4.69, 9.17) is 0 Å². The molecule has 0 fully saturated rings. The highest BCUT2D eigenvalue weighted by molar-refractivity contribution is 5.74. The van der Waals surface area contributed by atoms with Crippen LogP contribution in [-0.4, -0.2) is 204 Å². The molecule has 0 aliphatic carbocycles. The number of hydrogen-bond donors (Lipinski definition) is 0. The minimum atomic E-state index is 0.711. The molecule has 16 rings (SSSR count). The van der Waals surface area contributed by atoms with Crippen molar-refractivity contribution >= 4 is 22.1 Å². The van der Waals surface area contributed by atoms with Crippen LogP contribution in [0, 0.1) is 13.8 Å². The number of nitrogens with zero attached hydrogens (tertiary/aromatic N) is 41. The van der Waals surface area contributed by atoms with Gasteiger partial charge in [0.05, 0.1) is 44.5 Å². The lowest BCUT2D eigenvalue weighted by Gasteiger charge is -1.91. The maximum absolute atomic E-state index is 4.19. The van der Waals surface area contributed by atoms with Gasteiger partial charge in [-0.05, 0) is 75.5 Å². The molecule has 3 aromatic carbocycles. The molecule has 0 saturated carbocycles. The number of benzene rings is 3. The monoisotopic (exact) mass is 1290 g/mol. The Morgan fingerprint density at radius 3 is 1.33 bits per heavy atom. The largest absolute Gasteiger partial charge is 0.341 e. The molecule has 0 aliphatic rings. The van der Waals surface area contributed by atoms with Crippen molar-refractivity contribution in [2.75, 3.05) is 0 Å². The van der Waals surface area contributed by atoms with E-state index < -0.39 is 0 Å². The molecule has 16 aromatic rings. The van der Waals surface area contributed by atoms with Crippen LogP contribution in [0.3, 0.4) is 0 Å². The summed E-state index contributed by atoms with van der Waals surface area (Å²) in [7, 11) is 23.7. The number of hydrogen-bond acceptors (Lipinski definition) is 28. The number of aromatic nitrogens is 41. The predicted octanol–water partition coefficient (Wildman–Crippen LogP) is 0.977. The minimum Gasteiger partial charge on any atom is -0.341 e. The van der Waals surface area contributed by atoms with Gasteiger partial charge in [0, 0.05) is 114 Å². The van der Waals surface area contributed by atoms with Gasteiger partial charge in [0.1, 0.15) is 60.3 Å². The van der Waals surface area contributed by atoms with Crippen molar-refractivity contribution in [2.24, 2.45) is 91.6 Å². The second-order valence-electron chi connectivity index (χ2n) is 18.3. The topological polar surface area (TPSA) is 425 Å². The van der Waals surface area contributed by atoms with Crippen molar-refractivity contribution in [2.45, 2.75) is 13.8 Å². The molecule has 492 valence electrons. The van der Waals surface area contributed by atoms with E-state index in [2.05, 4.69) is 143 Å². The Bertz CT molecular complexity index is 3790. The molecule has 0 unspecified atom stereocenters. The SMILES string of the molecule is Cc1nnn(C)n1.Cc1nnnn1C.Cn1cccn1.Cn1ccnc1.Cn1ccnn1.Cn1cnc(-c2ccccc2)n1.Cn1cncn1.Cn1cnnc1.Cn1cnnn1.Cn1nc2ccccc2n1.Cn1nccn1.Cn1ncnn1.Cn1nnc2ccccc21. The van der Waals surface area contributed by atoms with Gasteiger partial charge in [0.2, 0.25) is 0 Å². The predicted molar refractivity (Wildman–Crippen MR) is 339 cm³/mol. The van der Waals surface area contributed by atoms with E-state index in [0.717, 1.165) is 39.3 Å². The Hall–Kier alpha value is -13.1. The van der Waals surface area contributed by atoms with Crippen LogP contribution < -0.4 is 0 Å². The Kier molecular flexibility index (Phi) is 33.3. The van der Waals surface area contributed by atoms with Crippen molar-refractivity contribution in [1.29, 1.82) is 0 Å². The number of imidazole rings is 1. The zero-order valence-electron chi connectivity index (χ0n) is 54.7. The van der Waals surface area contributed by atoms with Crippen molar-refractivity contribution in [3.8, 4) is 11.4 Å². The highest BCUT2D eigenvalue weighted by atomic mass is 15.6. The standard InChI is InChI=1S/C9H9N3.2C7H7N3.2C4H6N2.2C3H6N4.4C3H5N3.2C2H4N4/c1-12-7-10-9(11-12)8-5-3-2-4-6-8;1-10-7-5-3-2-4-6(7)8-9-10;1-10-8-6-4-2-3-5-7(6)9-10;1-6-3-2-5-4-6;1-6-4-2-3-5-6;1-3-4-5-6-7(3)2;1-3-4-6-7(2)5-3;1-6-2-4-5-3-6;1-6-3-4-2-5-6;1-6-3-2-4-5-6;1-6-4-2-3-5-6;1-6-2-3-4-5-6;1-6-4-2-3-5-6/h2-7H,1H3;2*2-5H,1H3;2*2-4H,1H3;2*1-2H3;4*2-3H,1H3;2*2H,1H3. The Balaban J connectivity index is 0.000000219. The molecule has 13 aromatic heterocycles. The summed E-state index contributed by atoms with van der Waals surface area (Å²) in [6.07, 6.45) is 26.8. The average Bonchev–Trinajstić information content (AvgIpc) is 1.76. The quantitative estimate of drug-likeness (QED) is 0.221. The lowest BCUT2D eigenvalue weighted by Crippen LogP contribution is -1.92. The van der Waals surface area contributed by atoms with Crippen molar-refractivity contribution in [3.05, 3.63) is 197 Å². The summed E-state index contributed by atoms with van der Waals surface area (Å²) in [5.41, 5.74) is 4.97. The van der Waals surface area contributed by atoms with E-state index in [9.17, 15) is 0 Å². The molecule has 94 heavy (non-hydrogen) atoms. The van der Waals surface area contributed by atoms with Gasteiger partial charge in [-0.25, -0.2) is 29.0 Å². The highest BCUT2D eigenvalue weighted by Crippen LogP contribution is 2.12. The van der Waals surface area contributed by atoms with Crippen LogP contribution in [0.15, 0.2) is 185 Å². The third kappa shape index (κ3) is 32.2. The van der Waals surface area contributed by atoms with E-state index in [1.54, 1.807) is 148 Å². The van der Waals surface area contributed by atoms with Crippen LogP contribution in [0.25, 0.3) is 33.5 Å². The third-order valence-electron chi connectivity index (χ3n) is 10.3. The van der Waals surface area contributed by atoms with Crippen molar-refractivity contribution < 1.29 is 0 Å². The van der Waals surface area contributed by atoms with Crippen molar-refractivity contribution in [3.63, 3.8) is 0 Å². The van der Waals surface area contributed by atoms with Gasteiger partial charge >= 0.3 is 0 Å². The smallest absolute Gasteiger partial charge is 0.181 e. The molecule has 0 N–H and O–H groups in total. The van der Waals surface area contributed by atoms with Gasteiger partial charge in [-0.2, -0.15) is 54.9 Å². The summed E-state index contributed by atoms with van der Waals surface area (Å²) >= 11 is 0. The molecule has 0 spiro atoms. The average molecular weight is 1290 g/mol. The first kappa shape index (κ1) is 73.3. The summed E-state index contributed by atoms with van der Waals surface area (Å²) in [5.74, 6) is 2.32. The Morgan fingerprint density at radius 2 is 1.02 bits per heavy atom. The van der Waals surface area contributed by atoms with Crippen LogP contribution in [0.2, 0.25) is 0 Å². The van der Waals surface area contributed by atoms with E-state index >= 15 is 0 Å². The molecule has 41 heteroatoms. The zero-order valence-corrected chi connectivity index (χ0v) is 54.7. The van der Waals surface area contributed by atoms with Crippen LogP contribution in [-0.2, 0) is 91.6 Å². The van der Waals surface area contributed by atoms with E-state index in [-0.39, 0.29) is 0 Å². The zero-order chi connectivity index (χ0) is 68.1. The normalized spacial score (nSPS) is 9.44. The van der Waals surface area contributed by atoms with Gasteiger partial charge in [-0.3, -0.25) is 18.7 Å². The van der Waals surface area contributed by atoms with Crippen molar-refractivity contribution in [1.82, 2.24) is 204 Å². The van der Waals surface area contributed by atoms with Crippen LogP contribution in [0.4, 0.5) is 0 Å². The maximum Gasteiger partial charge on any atom is 0.181 e. The lowest BCUT2D eigenvalue weighted by atomic mass is 10.2. The molecule has 0 aliphatic heterocycles. The molecule has 0 amide bonds. The lowest BCUT2D eigenvalue weighted by molar-refractivity contribution is 0.629. The first-order valence-corrected chi connectivity index (χ1v) is 27.5. The van der Waals surface area contributed by atoms with E-state index in [1.165, 1.54) is 38.1 Å². The van der Waals surface area contributed by atoms with Gasteiger partial charge in [-0.1, -0.05) is 65.0 Å². The molecule has 0 bridgehead atoms. The Labute approximate surface area is 538 Å². The number of para-hydroxylation sites is 1. The summed E-state index contributed by atoms with van der Waals surface area (Å²) < 4.78 is 15.3. The van der Waals surface area contributed by atoms with Crippen LogP contribution in [0.1, 0.15) is 11.6 Å². The Morgan fingerprint density at radius 1 is 0.330 bits per heavy atom. The molecular formula is C53H75N41. The van der Waals surface area contributed by atoms with Gasteiger partial charge in [0.15, 0.2) is 18.0 Å². The van der Waals surface area contributed by atoms with E-state index in [0.29, 0.717) is 5.82 Å².